The van der Waals surface area contributed by atoms with Gasteiger partial charge in [0.05, 0.1) is 0 Å². The minimum absolute atomic E-state index is 0.890. The molecule has 0 amide bonds. The average molecular weight is 566 g/mol. The molecular weight excluding hydrogens is 543 g/mol. The van der Waals surface area contributed by atoms with E-state index in [0.29, 0.717) is 0 Å². The Balaban J connectivity index is 1.26. The predicted octanol–water partition coefficient (Wildman–Crippen LogP) is 12.2. The van der Waals surface area contributed by atoms with Gasteiger partial charge in [0.25, 0.3) is 0 Å². The normalized spacial score (nSPS) is 12.2. The number of rotatable bonds is 3. The summed E-state index contributed by atoms with van der Waals surface area (Å²) in [7, 11) is 0. The Morgan fingerprint density at radius 2 is 1.16 bits per heavy atom. The summed E-state index contributed by atoms with van der Waals surface area (Å²) >= 11 is 1.90. The molecule has 0 saturated carbocycles. The summed E-state index contributed by atoms with van der Waals surface area (Å²) in [6.07, 6.45) is 0. The monoisotopic (exact) mass is 565 g/mol. The first-order chi connectivity index (χ1) is 21.3. The van der Waals surface area contributed by atoms with Crippen LogP contribution in [-0.4, -0.2) is 0 Å². The van der Waals surface area contributed by atoms with Crippen LogP contribution in [0.4, 0.5) is 17.1 Å². The Kier molecular flexibility index (Phi) is 4.63. The predicted molar refractivity (Wildman–Crippen MR) is 183 cm³/mol. The van der Waals surface area contributed by atoms with Gasteiger partial charge in [-0.15, -0.1) is 11.3 Å². The summed E-state index contributed by atoms with van der Waals surface area (Å²) in [5.74, 6) is 0. The molecule has 2 aromatic heterocycles. The number of para-hydroxylation sites is 2. The third-order valence-corrected chi connectivity index (χ3v) is 10.1. The van der Waals surface area contributed by atoms with Crippen molar-refractivity contribution < 1.29 is 4.42 Å². The quantitative estimate of drug-likeness (QED) is 0.212. The number of furan rings is 1. The van der Waals surface area contributed by atoms with E-state index in [-0.39, 0.29) is 0 Å². The lowest BCUT2D eigenvalue weighted by Crippen LogP contribution is -2.10. The molecule has 0 saturated heterocycles. The van der Waals surface area contributed by atoms with Crippen molar-refractivity contribution in [3.63, 3.8) is 0 Å². The topological polar surface area (TPSA) is 16.4 Å². The molecule has 10 rings (SSSR count). The van der Waals surface area contributed by atoms with Crippen molar-refractivity contribution >= 4 is 81.3 Å². The van der Waals surface area contributed by atoms with Gasteiger partial charge in [0.2, 0.25) is 0 Å². The maximum atomic E-state index is 6.33. The van der Waals surface area contributed by atoms with Gasteiger partial charge in [0.15, 0.2) is 0 Å². The maximum absolute atomic E-state index is 6.33. The van der Waals surface area contributed by atoms with Crippen LogP contribution in [0.5, 0.6) is 0 Å². The molecular formula is C40H23NOS. The van der Waals surface area contributed by atoms with Crippen LogP contribution in [0.1, 0.15) is 0 Å². The van der Waals surface area contributed by atoms with E-state index in [2.05, 4.69) is 132 Å². The van der Waals surface area contributed by atoms with Gasteiger partial charge in [-0.2, -0.15) is 0 Å². The summed E-state index contributed by atoms with van der Waals surface area (Å²) < 4.78 is 9.02. The second-order valence-corrected chi connectivity index (χ2v) is 12.4. The highest BCUT2D eigenvalue weighted by molar-refractivity contribution is 7.26. The standard InChI is InChI=1S/C40H23NOS/c1-2-9-25(10-3-1)41(27-18-20-30-29-11-4-5-14-34(29)42-35(30)23-27)26-17-19-28-31-13-7-15-36-39(31)40-37(43-36)21-16-24-8-6-12-32(38(24)40)33(28)22-26/h1-23H. The number of anilines is 3. The van der Waals surface area contributed by atoms with Gasteiger partial charge in [-0.1, -0.05) is 78.9 Å². The van der Waals surface area contributed by atoms with Gasteiger partial charge in [0.1, 0.15) is 11.2 Å². The van der Waals surface area contributed by atoms with Gasteiger partial charge in [0, 0.05) is 54.1 Å². The number of hydrogen-bond acceptors (Lipinski definition) is 3. The summed E-state index contributed by atoms with van der Waals surface area (Å²) in [5.41, 5.74) is 10.2. The lowest BCUT2D eigenvalue weighted by Gasteiger charge is -2.26. The van der Waals surface area contributed by atoms with E-state index in [1.54, 1.807) is 0 Å². The molecule has 1 aliphatic rings. The Labute approximate surface area is 251 Å². The molecule has 3 heteroatoms. The van der Waals surface area contributed by atoms with Gasteiger partial charge >= 0.3 is 0 Å². The number of hydrogen-bond donors (Lipinski definition) is 0. The van der Waals surface area contributed by atoms with E-state index in [0.717, 1.165) is 39.0 Å². The van der Waals surface area contributed by atoms with Gasteiger partial charge in [-0.25, -0.2) is 0 Å². The zero-order valence-corrected chi connectivity index (χ0v) is 23.9. The van der Waals surface area contributed by atoms with Crippen molar-refractivity contribution in [1.82, 2.24) is 0 Å². The third kappa shape index (κ3) is 3.23. The van der Waals surface area contributed by atoms with E-state index >= 15 is 0 Å². The highest BCUT2D eigenvalue weighted by Gasteiger charge is 2.24. The zero-order chi connectivity index (χ0) is 28.1. The lowest BCUT2D eigenvalue weighted by atomic mass is 9.93. The van der Waals surface area contributed by atoms with Crippen molar-refractivity contribution in [3.8, 4) is 22.3 Å². The molecule has 2 heterocycles. The van der Waals surface area contributed by atoms with Crippen LogP contribution in [0, 0.1) is 0 Å². The summed E-state index contributed by atoms with van der Waals surface area (Å²) in [6, 6.07) is 50.5. The smallest absolute Gasteiger partial charge is 0.137 e. The largest absolute Gasteiger partial charge is 0.456 e. The van der Waals surface area contributed by atoms with Crippen molar-refractivity contribution in [2.45, 2.75) is 0 Å². The fraction of sp³-hybridized carbons (Fsp3) is 0. The summed E-state index contributed by atoms with van der Waals surface area (Å²) in [4.78, 5) is 2.34. The van der Waals surface area contributed by atoms with Crippen LogP contribution >= 0.6 is 11.3 Å². The Bertz CT molecular complexity index is 2570. The van der Waals surface area contributed by atoms with Gasteiger partial charge < -0.3 is 9.32 Å². The first-order valence-corrected chi connectivity index (χ1v) is 15.4. The molecule has 0 spiro atoms. The lowest BCUT2D eigenvalue weighted by molar-refractivity contribution is 0.669. The Morgan fingerprint density at radius 3 is 2.09 bits per heavy atom. The van der Waals surface area contributed by atoms with Gasteiger partial charge in [-0.3, -0.25) is 0 Å². The summed E-state index contributed by atoms with van der Waals surface area (Å²) in [5, 5.41) is 7.67. The van der Waals surface area contributed by atoms with Crippen LogP contribution in [0.3, 0.4) is 0 Å². The number of thiophene rings is 1. The molecule has 2 nitrogen and oxygen atoms in total. The second-order valence-electron chi connectivity index (χ2n) is 11.3. The second kappa shape index (κ2) is 8.57. The molecule has 0 N–H and O–H groups in total. The Morgan fingerprint density at radius 1 is 0.419 bits per heavy atom. The van der Waals surface area contributed by atoms with Crippen molar-refractivity contribution in [3.05, 3.63) is 140 Å². The molecule has 9 aromatic rings. The zero-order valence-electron chi connectivity index (χ0n) is 23.0. The van der Waals surface area contributed by atoms with Crippen LogP contribution < -0.4 is 4.90 Å². The number of fused-ring (bicyclic) bond motifs is 6. The molecule has 1 aliphatic carbocycles. The maximum Gasteiger partial charge on any atom is 0.137 e. The van der Waals surface area contributed by atoms with Crippen LogP contribution in [0.15, 0.2) is 144 Å². The molecule has 0 aliphatic heterocycles. The molecule has 0 bridgehead atoms. The average Bonchev–Trinajstić information content (AvgIpc) is 3.60. The van der Waals surface area contributed by atoms with Crippen molar-refractivity contribution in [2.75, 3.05) is 4.90 Å². The van der Waals surface area contributed by atoms with Crippen LogP contribution in [0.25, 0.3) is 75.1 Å². The highest BCUT2D eigenvalue weighted by Crippen LogP contribution is 2.52. The van der Waals surface area contributed by atoms with E-state index in [4.69, 9.17) is 4.42 Å². The third-order valence-electron chi connectivity index (χ3n) is 8.98. The minimum atomic E-state index is 0.890. The van der Waals surface area contributed by atoms with E-state index in [1.165, 1.54) is 53.2 Å². The fourth-order valence-corrected chi connectivity index (χ4v) is 8.28. The van der Waals surface area contributed by atoms with Crippen LogP contribution in [-0.2, 0) is 0 Å². The van der Waals surface area contributed by atoms with Crippen molar-refractivity contribution in [1.29, 1.82) is 0 Å². The minimum Gasteiger partial charge on any atom is -0.456 e. The molecule has 43 heavy (non-hydrogen) atoms. The molecule has 200 valence electrons. The summed E-state index contributed by atoms with van der Waals surface area (Å²) in [6.45, 7) is 0. The highest BCUT2D eigenvalue weighted by atomic mass is 32.1. The Hall–Kier alpha value is -5.38. The van der Waals surface area contributed by atoms with Gasteiger partial charge in [-0.05, 0) is 87.6 Å². The number of nitrogens with zero attached hydrogens (tertiary/aromatic N) is 1. The molecule has 0 radical (unpaired) electrons. The number of benzene rings is 7. The van der Waals surface area contributed by atoms with E-state index in [9.17, 15) is 0 Å². The van der Waals surface area contributed by atoms with E-state index in [1.807, 2.05) is 23.5 Å². The molecule has 0 atom stereocenters. The SMILES string of the molecule is c1ccc(N(c2ccc3c(c2)-c2cccc4ccc5sc6cccc-3c6c5c24)c2ccc3c(c2)oc2ccccc23)cc1. The molecule has 0 unspecified atom stereocenters. The van der Waals surface area contributed by atoms with E-state index < -0.39 is 0 Å². The van der Waals surface area contributed by atoms with Crippen LogP contribution in [0.2, 0.25) is 0 Å². The fourth-order valence-electron chi connectivity index (χ4n) is 7.14. The molecule has 0 fully saturated rings. The molecule has 7 aromatic carbocycles. The first kappa shape index (κ1) is 23.2. The van der Waals surface area contributed by atoms with Crippen molar-refractivity contribution in [2.24, 2.45) is 0 Å². The first-order valence-electron chi connectivity index (χ1n) is 14.6.